The number of hydrogen-bond acceptors (Lipinski definition) is 1. The van der Waals surface area contributed by atoms with Crippen molar-refractivity contribution >= 4 is 6.29 Å². The zero-order valence-electron chi connectivity index (χ0n) is 6.13. The molecule has 52 valence electrons. The van der Waals surface area contributed by atoms with Gasteiger partial charge in [-0.3, -0.25) is 0 Å². The van der Waals surface area contributed by atoms with Gasteiger partial charge in [0.25, 0.3) is 0 Å². The van der Waals surface area contributed by atoms with Gasteiger partial charge in [-0.25, -0.2) is 0 Å². The number of unbranched alkanes of at least 4 members (excludes halogenated alkanes) is 1. The van der Waals surface area contributed by atoms with Gasteiger partial charge in [0, 0.05) is 6.42 Å². The van der Waals surface area contributed by atoms with Crippen molar-refractivity contribution in [2.24, 2.45) is 5.92 Å². The van der Waals surface area contributed by atoms with Crippen LogP contribution < -0.4 is 0 Å². The molecule has 0 aromatic carbocycles. The van der Waals surface area contributed by atoms with Gasteiger partial charge in [-0.05, 0) is 12.3 Å². The molecule has 0 aliphatic carbocycles. The van der Waals surface area contributed by atoms with E-state index in [9.17, 15) is 4.79 Å². The lowest BCUT2D eigenvalue weighted by molar-refractivity contribution is -0.107. The molecule has 0 fully saturated rings. The molecule has 9 heavy (non-hydrogen) atoms. The van der Waals surface area contributed by atoms with Gasteiger partial charge in [0.2, 0.25) is 0 Å². The first-order valence-electron chi connectivity index (χ1n) is 3.37. The Bertz CT molecular complexity index is 92.7. The van der Waals surface area contributed by atoms with Gasteiger partial charge in [-0.1, -0.05) is 26.0 Å². The Hall–Kier alpha value is -0.590. The summed E-state index contributed by atoms with van der Waals surface area (Å²) in [5.74, 6) is 0.608. The quantitative estimate of drug-likeness (QED) is 0.320. The second-order valence-corrected chi connectivity index (χ2v) is 2.42. The molecule has 0 aromatic rings. The fraction of sp³-hybridized carbons (Fsp3) is 0.625. The molecule has 0 amide bonds. The van der Waals surface area contributed by atoms with Crippen molar-refractivity contribution in [2.45, 2.75) is 26.7 Å². The molecular formula is C8H14O. The van der Waals surface area contributed by atoms with Gasteiger partial charge in [0.15, 0.2) is 0 Å². The molecule has 0 saturated heterocycles. The predicted molar refractivity (Wildman–Crippen MR) is 39.3 cm³/mol. The summed E-state index contributed by atoms with van der Waals surface area (Å²) in [4.78, 5) is 9.82. The summed E-state index contributed by atoms with van der Waals surface area (Å²) < 4.78 is 0. The zero-order valence-corrected chi connectivity index (χ0v) is 6.13. The summed E-state index contributed by atoms with van der Waals surface area (Å²) >= 11 is 0. The summed E-state index contributed by atoms with van der Waals surface area (Å²) in [5.41, 5.74) is 0. The number of hydrogen-bond donors (Lipinski definition) is 0. The van der Waals surface area contributed by atoms with Crippen LogP contribution in [0.5, 0.6) is 0 Å². The lowest BCUT2D eigenvalue weighted by Crippen LogP contribution is -1.77. The van der Waals surface area contributed by atoms with Gasteiger partial charge in [0.05, 0.1) is 0 Å². The Morgan fingerprint density at radius 1 is 1.33 bits per heavy atom. The van der Waals surface area contributed by atoms with Crippen LogP contribution in [0.3, 0.4) is 0 Å². The van der Waals surface area contributed by atoms with Crippen LogP contribution in [0.15, 0.2) is 12.2 Å². The minimum absolute atomic E-state index is 0.608. The monoisotopic (exact) mass is 126 g/mol. The van der Waals surface area contributed by atoms with Crippen LogP contribution in [0.1, 0.15) is 26.7 Å². The standard InChI is InChI=1S/C8H14O/c1-8(2)6-4-3-5-7-9/h4,6-8H,3,5H2,1-2H3/b6-4+. The lowest BCUT2D eigenvalue weighted by atomic mass is 10.2. The number of rotatable bonds is 4. The molecule has 1 nitrogen and oxygen atoms in total. The maximum atomic E-state index is 9.82. The third-order valence-corrected chi connectivity index (χ3v) is 0.972. The highest BCUT2D eigenvalue weighted by molar-refractivity contribution is 5.49. The van der Waals surface area contributed by atoms with E-state index < -0.39 is 0 Å². The normalized spacial score (nSPS) is 11.0. The Morgan fingerprint density at radius 3 is 2.44 bits per heavy atom. The largest absolute Gasteiger partial charge is 0.303 e. The van der Waals surface area contributed by atoms with Crippen molar-refractivity contribution in [2.75, 3.05) is 0 Å². The predicted octanol–water partition coefficient (Wildman–Crippen LogP) is 2.18. The van der Waals surface area contributed by atoms with Crippen molar-refractivity contribution in [1.29, 1.82) is 0 Å². The zero-order chi connectivity index (χ0) is 7.11. The van der Waals surface area contributed by atoms with E-state index in [1.165, 1.54) is 0 Å². The van der Waals surface area contributed by atoms with E-state index >= 15 is 0 Å². The fourth-order valence-corrected chi connectivity index (χ4v) is 0.533. The summed E-state index contributed by atoms with van der Waals surface area (Å²) in [7, 11) is 0. The first kappa shape index (κ1) is 8.41. The number of carbonyl (C=O) groups is 1. The van der Waals surface area contributed by atoms with Crippen molar-refractivity contribution in [3.8, 4) is 0 Å². The van der Waals surface area contributed by atoms with E-state index in [1.807, 2.05) is 0 Å². The summed E-state index contributed by atoms with van der Waals surface area (Å²) in [6.45, 7) is 4.24. The maximum Gasteiger partial charge on any atom is 0.120 e. The minimum Gasteiger partial charge on any atom is -0.303 e. The first-order chi connectivity index (χ1) is 4.27. The van der Waals surface area contributed by atoms with E-state index in [0.717, 1.165) is 12.7 Å². The highest BCUT2D eigenvalue weighted by Crippen LogP contribution is 1.95. The summed E-state index contributed by atoms with van der Waals surface area (Å²) in [5, 5.41) is 0. The number of carbonyl (C=O) groups excluding carboxylic acids is 1. The third kappa shape index (κ3) is 7.41. The minimum atomic E-state index is 0.608. The molecule has 0 bridgehead atoms. The van der Waals surface area contributed by atoms with Crippen molar-refractivity contribution in [3.05, 3.63) is 12.2 Å². The van der Waals surface area contributed by atoms with Crippen LogP contribution >= 0.6 is 0 Å². The van der Waals surface area contributed by atoms with Crippen LogP contribution in [-0.2, 0) is 4.79 Å². The Morgan fingerprint density at radius 2 is 2.00 bits per heavy atom. The highest BCUT2D eigenvalue weighted by atomic mass is 16.1. The van der Waals surface area contributed by atoms with Crippen molar-refractivity contribution in [1.82, 2.24) is 0 Å². The smallest absolute Gasteiger partial charge is 0.120 e. The maximum absolute atomic E-state index is 9.82. The highest BCUT2D eigenvalue weighted by Gasteiger charge is 1.82. The number of aldehydes is 1. The van der Waals surface area contributed by atoms with Crippen LogP contribution in [0.2, 0.25) is 0 Å². The molecular weight excluding hydrogens is 112 g/mol. The Kier molecular flexibility index (Phi) is 5.18. The van der Waals surface area contributed by atoms with Crippen LogP contribution in [0.4, 0.5) is 0 Å². The second-order valence-electron chi connectivity index (χ2n) is 2.42. The van der Waals surface area contributed by atoms with Crippen molar-refractivity contribution < 1.29 is 4.79 Å². The number of allylic oxidation sites excluding steroid dienone is 2. The van der Waals surface area contributed by atoms with Gasteiger partial charge in [-0.15, -0.1) is 0 Å². The van der Waals surface area contributed by atoms with E-state index in [2.05, 4.69) is 26.0 Å². The molecule has 0 rings (SSSR count). The Balaban J connectivity index is 3.14. The fourth-order valence-electron chi connectivity index (χ4n) is 0.533. The molecule has 0 N–H and O–H groups in total. The van der Waals surface area contributed by atoms with E-state index in [4.69, 9.17) is 0 Å². The van der Waals surface area contributed by atoms with E-state index in [0.29, 0.717) is 12.3 Å². The van der Waals surface area contributed by atoms with E-state index in [1.54, 1.807) is 0 Å². The molecule has 0 saturated carbocycles. The molecule has 0 aliphatic heterocycles. The SMILES string of the molecule is CC(C)/C=C/CCC=O. The lowest BCUT2D eigenvalue weighted by Gasteiger charge is -1.90. The average molecular weight is 126 g/mol. The Labute approximate surface area is 56.8 Å². The van der Waals surface area contributed by atoms with Gasteiger partial charge < -0.3 is 4.79 Å². The molecule has 0 atom stereocenters. The molecule has 0 aromatic heterocycles. The third-order valence-electron chi connectivity index (χ3n) is 0.972. The topological polar surface area (TPSA) is 17.1 Å². The van der Waals surface area contributed by atoms with Gasteiger partial charge >= 0.3 is 0 Å². The first-order valence-corrected chi connectivity index (χ1v) is 3.37. The molecule has 1 heteroatoms. The molecule has 0 radical (unpaired) electrons. The molecule has 0 heterocycles. The van der Waals surface area contributed by atoms with Crippen LogP contribution in [0, 0.1) is 5.92 Å². The molecule has 0 spiro atoms. The van der Waals surface area contributed by atoms with Crippen molar-refractivity contribution in [3.63, 3.8) is 0 Å². The molecule has 0 aliphatic rings. The average Bonchev–Trinajstić information content (AvgIpc) is 1.80. The molecule has 0 unspecified atom stereocenters. The summed E-state index contributed by atoms with van der Waals surface area (Å²) in [6.07, 6.45) is 6.66. The van der Waals surface area contributed by atoms with Crippen LogP contribution in [-0.4, -0.2) is 6.29 Å². The van der Waals surface area contributed by atoms with Gasteiger partial charge in [0.1, 0.15) is 6.29 Å². The second kappa shape index (κ2) is 5.54. The van der Waals surface area contributed by atoms with E-state index in [-0.39, 0.29) is 0 Å². The van der Waals surface area contributed by atoms with Gasteiger partial charge in [-0.2, -0.15) is 0 Å². The summed E-state index contributed by atoms with van der Waals surface area (Å²) in [6, 6.07) is 0. The van der Waals surface area contributed by atoms with Crippen LogP contribution in [0.25, 0.3) is 0 Å².